The minimum Gasteiger partial charge on any atom is -0.383 e. The van der Waals surface area contributed by atoms with Crippen molar-refractivity contribution in [3.8, 4) is 0 Å². The Labute approximate surface area is 120 Å². The van der Waals surface area contributed by atoms with E-state index in [1.54, 1.807) is 6.07 Å². The highest BCUT2D eigenvalue weighted by atomic mass is 79.9. The molecule has 0 heterocycles. The van der Waals surface area contributed by atoms with Gasteiger partial charge in [-0.15, -0.1) is 0 Å². The lowest BCUT2D eigenvalue weighted by Crippen LogP contribution is -2.06. The van der Waals surface area contributed by atoms with Gasteiger partial charge in [0, 0.05) is 20.1 Å². The first-order valence-corrected chi connectivity index (χ1v) is 6.66. The van der Waals surface area contributed by atoms with E-state index >= 15 is 0 Å². The van der Waals surface area contributed by atoms with Crippen LogP contribution in [-0.2, 0) is 0 Å². The first kappa shape index (κ1) is 13.6. The zero-order valence-corrected chi connectivity index (χ0v) is 12.2. The molecular weight excluding hydrogens is 370 g/mol. The molecule has 0 aromatic heterocycles. The van der Waals surface area contributed by atoms with Crippen molar-refractivity contribution in [1.29, 1.82) is 0 Å². The van der Waals surface area contributed by atoms with E-state index in [0.717, 1.165) is 0 Å². The molecule has 0 radical (unpaired) electrons. The standard InChI is InChI=1S/C13H8Br2F2O/c14-7-4-5-10(16)8(6-7)13(18)12-9(15)2-1-3-11(12)17/h1-6,13,18H. The molecule has 0 bridgehead atoms. The van der Waals surface area contributed by atoms with Crippen molar-refractivity contribution < 1.29 is 13.9 Å². The van der Waals surface area contributed by atoms with Gasteiger partial charge in [-0.3, -0.25) is 0 Å². The summed E-state index contributed by atoms with van der Waals surface area (Å²) in [6.07, 6.45) is -1.36. The van der Waals surface area contributed by atoms with E-state index in [1.807, 2.05) is 0 Å². The molecule has 0 aliphatic heterocycles. The van der Waals surface area contributed by atoms with Gasteiger partial charge in [0.25, 0.3) is 0 Å². The molecular formula is C13H8Br2F2O. The van der Waals surface area contributed by atoms with Gasteiger partial charge in [0.05, 0.1) is 0 Å². The summed E-state index contributed by atoms with van der Waals surface area (Å²) >= 11 is 6.34. The summed E-state index contributed by atoms with van der Waals surface area (Å²) in [7, 11) is 0. The zero-order valence-electron chi connectivity index (χ0n) is 9.00. The summed E-state index contributed by atoms with van der Waals surface area (Å²) in [5.74, 6) is -1.17. The molecule has 2 rings (SSSR count). The van der Waals surface area contributed by atoms with Crippen molar-refractivity contribution in [2.45, 2.75) is 6.10 Å². The lowest BCUT2D eigenvalue weighted by Gasteiger charge is -2.15. The number of hydrogen-bond acceptors (Lipinski definition) is 1. The molecule has 1 N–H and O–H groups in total. The molecule has 0 aliphatic rings. The van der Waals surface area contributed by atoms with Gasteiger partial charge in [-0.05, 0) is 30.3 Å². The second-order valence-corrected chi connectivity index (χ2v) is 5.47. The molecule has 5 heteroatoms. The van der Waals surface area contributed by atoms with Crippen LogP contribution >= 0.6 is 31.9 Å². The largest absolute Gasteiger partial charge is 0.383 e. The molecule has 1 atom stereocenters. The summed E-state index contributed by atoms with van der Waals surface area (Å²) in [5, 5.41) is 10.1. The van der Waals surface area contributed by atoms with Crippen LogP contribution in [0.4, 0.5) is 8.78 Å². The third-order valence-electron chi connectivity index (χ3n) is 2.53. The summed E-state index contributed by atoms with van der Waals surface area (Å²) in [6, 6.07) is 8.49. The van der Waals surface area contributed by atoms with Crippen LogP contribution in [0.1, 0.15) is 17.2 Å². The third-order valence-corrected chi connectivity index (χ3v) is 3.71. The first-order valence-electron chi connectivity index (χ1n) is 5.07. The van der Waals surface area contributed by atoms with E-state index in [2.05, 4.69) is 31.9 Å². The number of rotatable bonds is 2. The Morgan fingerprint density at radius 2 is 1.72 bits per heavy atom. The Kier molecular flexibility index (Phi) is 4.14. The van der Waals surface area contributed by atoms with Crippen LogP contribution in [0.2, 0.25) is 0 Å². The molecule has 0 fully saturated rings. The Balaban J connectivity index is 2.54. The predicted molar refractivity (Wildman–Crippen MR) is 72.3 cm³/mol. The molecule has 1 unspecified atom stereocenters. The van der Waals surface area contributed by atoms with E-state index < -0.39 is 17.7 Å². The first-order chi connectivity index (χ1) is 8.50. The summed E-state index contributed by atoms with van der Waals surface area (Å²) in [4.78, 5) is 0. The van der Waals surface area contributed by atoms with Crippen molar-refractivity contribution in [3.63, 3.8) is 0 Å². The van der Waals surface area contributed by atoms with Crippen LogP contribution in [0.3, 0.4) is 0 Å². The van der Waals surface area contributed by atoms with E-state index in [9.17, 15) is 13.9 Å². The molecule has 0 aliphatic carbocycles. The van der Waals surface area contributed by atoms with Gasteiger partial charge in [0.2, 0.25) is 0 Å². The molecule has 18 heavy (non-hydrogen) atoms. The maximum absolute atomic E-state index is 13.7. The summed E-state index contributed by atoms with van der Waals surface area (Å²) < 4.78 is 28.4. The fraction of sp³-hybridized carbons (Fsp3) is 0.0769. The van der Waals surface area contributed by atoms with Crippen molar-refractivity contribution in [1.82, 2.24) is 0 Å². The number of aliphatic hydroxyl groups excluding tert-OH is 1. The molecule has 2 aromatic rings. The van der Waals surface area contributed by atoms with Crippen molar-refractivity contribution in [2.75, 3.05) is 0 Å². The van der Waals surface area contributed by atoms with Gasteiger partial charge in [-0.25, -0.2) is 8.78 Å². The molecule has 2 aromatic carbocycles. The van der Waals surface area contributed by atoms with Crippen molar-refractivity contribution in [2.24, 2.45) is 0 Å². The summed E-state index contributed by atoms with van der Waals surface area (Å²) in [6.45, 7) is 0. The zero-order chi connectivity index (χ0) is 13.3. The van der Waals surface area contributed by atoms with Crippen LogP contribution in [0.15, 0.2) is 45.3 Å². The molecule has 94 valence electrons. The monoisotopic (exact) mass is 376 g/mol. The fourth-order valence-electron chi connectivity index (χ4n) is 1.65. The number of hydrogen-bond donors (Lipinski definition) is 1. The highest BCUT2D eigenvalue weighted by Gasteiger charge is 2.21. The van der Waals surface area contributed by atoms with E-state index in [1.165, 1.54) is 30.3 Å². The lowest BCUT2D eigenvalue weighted by atomic mass is 10.0. The van der Waals surface area contributed by atoms with Gasteiger partial charge in [-0.1, -0.05) is 37.9 Å². The number of aliphatic hydroxyl groups is 1. The highest BCUT2D eigenvalue weighted by molar-refractivity contribution is 9.10. The molecule has 0 amide bonds. The normalized spacial score (nSPS) is 12.5. The van der Waals surface area contributed by atoms with Crippen LogP contribution in [0.5, 0.6) is 0 Å². The lowest BCUT2D eigenvalue weighted by molar-refractivity contribution is 0.209. The van der Waals surface area contributed by atoms with Gasteiger partial charge < -0.3 is 5.11 Å². The minimum absolute atomic E-state index is 0.0227. The second-order valence-electron chi connectivity index (χ2n) is 3.70. The Hall–Kier alpha value is -0.780. The SMILES string of the molecule is OC(c1cc(Br)ccc1F)c1c(F)cccc1Br. The topological polar surface area (TPSA) is 20.2 Å². The number of benzene rings is 2. The highest BCUT2D eigenvalue weighted by Crippen LogP contribution is 2.33. The maximum atomic E-state index is 13.7. The van der Waals surface area contributed by atoms with Gasteiger partial charge >= 0.3 is 0 Å². The maximum Gasteiger partial charge on any atom is 0.130 e. The Morgan fingerprint density at radius 3 is 2.39 bits per heavy atom. The molecule has 0 spiro atoms. The van der Waals surface area contributed by atoms with Gasteiger partial charge in [0.15, 0.2) is 0 Å². The van der Waals surface area contributed by atoms with Crippen molar-refractivity contribution >= 4 is 31.9 Å². The average Bonchev–Trinajstić information content (AvgIpc) is 2.32. The third kappa shape index (κ3) is 2.63. The minimum atomic E-state index is -1.36. The average molecular weight is 378 g/mol. The quantitative estimate of drug-likeness (QED) is 0.812. The smallest absolute Gasteiger partial charge is 0.130 e. The fourth-order valence-corrected chi connectivity index (χ4v) is 2.59. The van der Waals surface area contributed by atoms with Crippen LogP contribution in [0, 0.1) is 11.6 Å². The molecule has 0 saturated heterocycles. The van der Waals surface area contributed by atoms with E-state index in [0.29, 0.717) is 8.95 Å². The summed E-state index contributed by atoms with van der Waals surface area (Å²) in [5.41, 5.74) is 0.0460. The van der Waals surface area contributed by atoms with Gasteiger partial charge in [-0.2, -0.15) is 0 Å². The van der Waals surface area contributed by atoms with Crippen LogP contribution < -0.4 is 0 Å². The van der Waals surface area contributed by atoms with Crippen LogP contribution in [-0.4, -0.2) is 5.11 Å². The van der Waals surface area contributed by atoms with E-state index in [-0.39, 0.29) is 11.1 Å². The number of halogens is 4. The molecule has 0 saturated carbocycles. The van der Waals surface area contributed by atoms with Gasteiger partial charge in [0.1, 0.15) is 17.7 Å². The second kappa shape index (κ2) is 5.47. The van der Waals surface area contributed by atoms with Crippen molar-refractivity contribution in [3.05, 3.63) is 68.1 Å². The molecule has 1 nitrogen and oxygen atoms in total. The Bertz CT molecular complexity index is 567. The van der Waals surface area contributed by atoms with E-state index in [4.69, 9.17) is 0 Å². The Morgan fingerprint density at radius 1 is 1.00 bits per heavy atom. The van der Waals surface area contributed by atoms with Crippen LogP contribution in [0.25, 0.3) is 0 Å². The predicted octanol–water partition coefficient (Wildman–Crippen LogP) is 4.57.